The Balaban J connectivity index is 1.93. The van der Waals surface area contributed by atoms with Gasteiger partial charge in [0.05, 0.1) is 0 Å². The third-order valence-electron chi connectivity index (χ3n) is 3.71. The van der Waals surface area contributed by atoms with Crippen LogP contribution in [-0.4, -0.2) is 67.6 Å². The Bertz CT molecular complexity index is 330. The van der Waals surface area contributed by atoms with E-state index in [9.17, 15) is 0 Å². The van der Waals surface area contributed by atoms with E-state index in [-0.39, 0.29) is 0 Å². The summed E-state index contributed by atoms with van der Waals surface area (Å²) in [5.74, 6) is 0. The van der Waals surface area contributed by atoms with Crippen molar-refractivity contribution < 1.29 is 0 Å². The van der Waals surface area contributed by atoms with Crippen molar-refractivity contribution in [3.63, 3.8) is 0 Å². The number of halogens is 1. The average molecular weight is 256 g/mol. The molecule has 4 heteroatoms. The molecular formula is C13H22ClN3. The van der Waals surface area contributed by atoms with Crippen LogP contribution in [0.4, 0.5) is 0 Å². The first-order valence-corrected chi connectivity index (χ1v) is 6.65. The Morgan fingerprint density at radius 2 is 1.88 bits per heavy atom. The van der Waals surface area contributed by atoms with Gasteiger partial charge in [0.15, 0.2) is 0 Å². The molecule has 0 N–H and O–H groups in total. The van der Waals surface area contributed by atoms with Gasteiger partial charge in [0, 0.05) is 45.8 Å². The molecule has 0 aliphatic carbocycles. The van der Waals surface area contributed by atoms with Crippen LogP contribution in [0, 0.1) is 0 Å². The summed E-state index contributed by atoms with van der Waals surface area (Å²) in [5.41, 5.74) is 1.35. The van der Waals surface area contributed by atoms with Crippen molar-refractivity contribution in [3.05, 3.63) is 22.9 Å². The number of rotatable bonds is 2. The third kappa shape index (κ3) is 3.24. The molecule has 0 radical (unpaired) electrons. The van der Waals surface area contributed by atoms with Crippen molar-refractivity contribution in [2.75, 3.05) is 46.8 Å². The largest absolute Gasteiger partial charge is 0.359 e. The number of hydrogen-bond donors (Lipinski definition) is 0. The fraction of sp³-hybridized carbons (Fsp3) is 0.692. The summed E-state index contributed by atoms with van der Waals surface area (Å²) in [5, 5.41) is 0.851. The van der Waals surface area contributed by atoms with Gasteiger partial charge in [0.1, 0.15) is 5.16 Å². The van der Waals surface area contributed by atoms with Crippen LogP contribution in [0.2, 0.25) is 0 Å². The summed E-state index contributed by atoms with van der Waals surface area (Å²) in [6, 6.07) is 0.398. The first kappa shape index (κ1) is 12.9. The van der Waals surface area contributed by atoms with Crippen LogP contribution in [0.15, 0.2) is 22.9 Å². The van der Waals surface area contributed by atoms with Crippen LogP contribution in [-0.2, 0) is 0 Å². The molecule has 2 aliphatic heterocycles. The molecule has 0 aromatic rings. The van der Waals surface area contributed by atoms with E-state index in [1.807, 2.05) is 7.05 Å². The van der Waals surface area contributed by atoms with Crippen LogP contribution in [0.1, 0.15) is 6.92 Å². The Kier molecular flexibility index (Phi) is 4.13. The predicted octanol–water partition coefficient (Wildman–Crippen LogP) is 1.57. The molecule has 2 rings (SSSR count). The molecule has 1 fully saturated rings. The molecule has 1 saturated heterocycles. The minimum Gasteiger partial charge on any atom is -0.359 e. The summed E-state index contributed by atoms with van der Waals surface area (Å²) in [7, 11) is 4.22. The van der Waals surface area contributed by atoms with E-state index in [1.54, 1.807) is 0 Å². The van der Waals surface area contributed by atoms with E-state index < -0.39 is 0 Å². The van der Waals surface area contributed by atoms with Crippen molar-refractivity contribution >= 4 is 11.6 Å². The van der Waals surface area contributed by atoms with Crippen LogP contribution >= 0.6 is 11.6 Å². The number of nitrogens with zero attached hydrogens (tertiary/aromatic N) is 3. The molecule has 0 amide bonds. The highest BCUT2D eigenvalue weighted by Gasteiger charge is 2.18. The van der Waals surface area contributed by atoms with Gasteiger partial charge in [-0.2, -0.15) is 0 Å². The standard InChI is InChI=1S/C13H22ClN3/c1-11-8-12(9-13(14)16(11)3)10-17-6-4-15(2)5-7-17/h8-9,11H,4-7,10H2,1-3H3. The molecular weight excluding hydrogens is 234 g/mol. The monoisotopic (exact) mass is 255 g/mol. The normalized spacial score (nSPS) is 28.0. The smallest absolute Gasteiger partial charge is 0.105 e. The maximum absolute atomic E-state index is 6.22. The first-order valence-electron chi connectivity index (χ1n) is 6.28. The molecule has 0 aromatic heterocycles. The lowest BCUT2D eigenvalue weighted by Gasteiger charge is -2.34. The average Bonchev–Trinajstić information content (AvgIpc) is 2.29. The van der Waals surface area contributed by atoms with Crippen LogP contribution in [0.25, 0.3) is 0 Å². The lowest BCUT2D eigenvalue weighted by Crippen LogP contribution is -2.45. The van der Waals surface area contributed by atoms with Crippen molar-refractivity contribution in [3.8, 4) is 0 Å². The molecule has 0 saturated carbocycles. The molecule has 3 nitrogen and oxygen atoms in total. The fourth-order valence-electron chi connectivity index (χ4n) is 2.28. The maximum atomic E-state index is 6.22. The highest BCUT2D eigenvalue weighted by molar-refractivity contribution is 6.29. The summed E-state index contributed by atoms with van der Waals surface area (Å²) < 4.78 is 0. The number of hydrogen-bond acceptors (Lipinski definition) is 3. The fourth-order valence-corrected chi connectivity index (χ4v) is 2.58. The first-order chi connectivity index (χ1) is 8.06. The van der Waals surface area contributed by atoms with Gasteiger partial charge in [-0.1, -0.05) is 17.7 Å². The Morgan fingerprint density at radius 3 is 2.47 bits per heavy atom. The predicted molar refractivity (Wildman–Crippen MR) is 73.2 cm³/mol. The molecule has 2 heterocycles. The van der Waals surface area contributed by atoms with Gasteiger partial charge in [-0.05, 0) is 25.6 Å². The van der Waals surface area contributed by atoms with E-state index in [0.717, 1.165) is 24.8 Å². The molecule has 1 unspecified atom stereocenters. The van der Waals surface area contributed by atoms with Gasteiger partial charge in [-0.3, -0.25) is 4.90 Å². The maximum Gasteiger partial charge on any atom is 0.105 e. The van der Waals surface area contributed by atoms with Gasteiger partial charge in [0.2, 0.25) is 0 Å². The Labute approximate surface area is 109 Å². The second-order valence-corrected chi connectivity index (χ2v) is 5.53. The van der Waals surface area contributed by atoms with Crippen molar-refractivity contribution in [1.29, 1.82) is 0 Å². The second-order valence-electron chi connectivity index (χ2n) is 5.14. The lowest BCUT2D eigenvalue weighted by atomic mass is 10.1. The molecule has 17 heavy (non-hydrogen) atoms. The molecule has 96 valence electrons. The van der Waals surface area contributed by atoms with Crippen LogP contribution < -0.4 is 0 Å². The number of piperazine rings is 1. The topological polar surface area (TPSA) is 9.72 Å². The second kappa shape index (κ2) is 5.42. The van der Waals surface area contributed by atoms with E-state index in [2.05, 4.69) is 40.8 Å². The summed E-state index contributed by atoms with van der Waals surface area (Å²) in [4.78, 5) is 6.98. The quantitative estimate of drug-likeness (QED) is 0.694. The number of likely N-dealkylation sites (N-methyl/N-ethyl adjacent to an activating group) is 2. The summed E-state index contributed by atoms with van der Waals surface area (Å²) in [6.45, 7) is 7.86. The van der Waals surface area contributed by atoms with Crippen LogP contribution in [0.3, 0.4) is 0 Å². The van der Waals surface area contributed by atoms with Gasteiger partial charge in [-0.15, -0.1) is 0 Å². The molecule has 0 bridgehead atoms. The zero-order valence-corrected chi connectivity index (χ0v) is 11.7. The Hall–Kier alpha value is -0.510. The minimum absolute atomic E-state index is 0.398. The third-order valence-corrected chi connectivity index (χ3v) is 4.09. The van der Waals surface area contributed by atoms with Crippen LogP contribution in [0.5, 0.6) is 0 Å². The zero-order chi connectivity index (χ0) is 12.4. The lowest BCUT2D eigenvalue weighted by molar-refractivity contribution is 0.164. The van der Waals surface area contributed by atoms with Gasteiger partial charge < -0.3 is 9.80 Å². The Morgan fingerprint density at radius 1 is 1.24 bits per heavy atom. The van der Waals surface area contributed by atoms with Gasteiger partial charge in [0.25, 0.3) is 0 Å². The molecule has 2 aliphatic rings. The highest BCUT2D eigenvalue weighted by atomic mass is 35.5. The van der Waals surface area contributed by atoms with E-state index in [0.29, 0.717) is 6.04 Å². The zero-order valence-electron chi connectivity index (χ0n) is 11.0. The van der Waals surface area contributed by atoms with Crippen molar-refractivity contribution in [2.45, 2.75) is 13.0 Å². The van der Waals surface area contributed by atoms with Gasteiger partial charge in [-0.25, -0.2) is 0 Å². The van der Waals surface area contributed by atoms with Crippen molar-refractivity contribution in [1.82, 2.24) is 14.7 Å². The minimum atomic E-state index is 0.398. The SMILES string of the molecule is CC1C=C(CN2CCN(C)CC2)C=C(Cl)N1C. The summed E-state index contributed by atoms with van der Waals surface area (Å²) in [6.07, 6.45) is 4.41. The molecule has 1 atom stereocenters. The summed E-state index contributed by atoms with van der Waals surface area (Å²) >= 11 is 6.22. The van der Waals surface area contributed by atoms with E-state index in [1.165, 1.54) is 18.7 Å². The molecule has 0 spiro atoms. The van der Waals surface area contributed by atoms with E-state index in [4.69, 9.17) is 11.6 Å². The molecule has 0 aromatic carbocycles. The van der Waals surface area contributed by atoms with Gasteiger partial charge >= 0.3 is 0 Å². The van der Waals surface area contributed by atoms with Crippen molar-refractivity contribution in [2.24, 2.45) is 0 Å². The highest BCUT2D eigenvalue weighted by Crippen LogP contribution is 2.22. The van der Waals surface area contributed by atoms with E-state index >= 15 is 0 Å².